The first-order valence-electron chi connectivity index (χ1n) is 4.10. The van der Waals surface area contributed by atoms with Crippen molar-refractivity contribution in [2.75, 3.05) is 6.61 Å². The van der Waals surface area contributed by atoms with E-state index in [9.17, 15) is 0 Å². The molecule has 0 radical (unpaired) electrons. The molecule has 0 bridgehead atoms. The smallest absolute Gasteiger partial charge is 0.0462 e. The van der Waals surface area contributed by atoms with Gasteiger partial charge in [0, 0.05) is 18.5 Å². The molecule has 0 aliphatic rings. The highest BCUT2D eigenvalue weighted by atomic mass is 16.3. The highest BCUT2D eigenvalue weighted by Gasteiger charge is 2.05. The van der Waals surface area contributed by atoms with Crippen LogP contribution in [-0.2, 0) is 6.42 Å². The highest BCUT2D eigenvalue weighted by Crippen LogP contribution is 2.08. The largest absolute Gasteiger partial charge is 0.396 e. The van der Waals surface area contributed by atoms with E-state index in [2.05, 4.69) is 18.0 Å². The Bertz CT molecular complexity index is 177. The van der Waals surface area contributed by atoms with Gasteiger partial charge in [-0.15, -0.1) is 0 Å². The van der Waals surface area contributed by atoms with Crippen molar-refractivity contribution in [3.63, 3.8) is 0 Å². The number of aromatic amines is 1. The molecule has 0 aliphatic carbocycles. The fraction of sp³-hybridized carbons (Fsp3) is 0.556. The van der Waals surface area contributed by atoms with Gasteiger partial charge in [0.15, 0.2) is 0 Å². The van der Waals surface area contributed by atoms with E-state index in [4.69, 9.17) is 5.11 Å². The molecule has 1 aromatic heterocycles. The van der Waals surface area contributed by atoms with Gasteiger partial charge in [0.25, 0.3) is 0 Å². The van der Waals surface area contributed by atoms with Gasteiger partial charge in [0.2, 0.25) is 0 Å². The number of aliphatic hydroxyl groups is 1. The zero-order valence-electron chi connectivity index (χ0n) is 6.88. The maximum Gasteiger partial charge on any atom is 0.0462 e. The lowest BCUT2D eigenvalue weighted by Crippen LogP contribution is -2.08. The zero-order chi connectivity index (χ0) is 8.10. The van der Waals surface area contributed by atoms with Gasteiger partial charge in [-0.25, -0.2) is 0 Å². The minimum Gasteiger partial charge on any atom is -0.396 e. The number of nitrogens with one attached hydrogen (secondary N) is 1. The van der Waals surface area contributed by atoms with Crippen molar-refractivity contribution in [1.29, 1.82) is 0 Å². The SMILES string of the molecule is CCC(CO)Cc1ccc[nH]1. The fourth-order valence-electron chi connectivity index (χ4n) is 1.14. The molecule has 1 heterocycles. The quantitative estimate of drug-likeness (QED) is 0.676. The van der Waals surface area contributed by atoms with E-state index in [1.807, 2.05) is 12.3 Å². The Kier molecular flexibility index (Phi) is 3.17. The minimum absolute atomic E-state index is 0.287. The average molecular weight is 153 g/mol. The number of rotatable bonds is 4. The lowest BCUT2D eigenvalue weighted by Gasteiger charge is -2.08. The lowest BCUT2D eigenvalue weighted by molar-refractivity contribution is 0.221. The summed E-state index contributed by atoms with van der Waals surface area (Å²) in [6.45, 7) is 2.39. The Hall–Kier alpha value is -0.760. The summed E-state index contributed by atoms with van der Waals surface area (Å²) < 4.78 is 0. The summed E-state index contributed by atoms with van der Waals surface area (Å²) in [4.78, 5) is 3.13. The number of H-pyrrole nitrogens is 1. The summed E-state index contributed by atoms with van der Waals surface area (Å²) in [5.74, 6) is 0.411. The maximum absolute atomic E-state index is 8.91. The van der Waals surface area contributed by atoms with E-state index in [1.54, 1.807) is 0 Å². The van der Waals surface area contributed by atoms with Gasteiger partial charge in [0.05, 0.1) is 0 Å². The molecule has 0 saturated heterocycles. The Morgan fingerprint density at radius 1 is 1.64 bits per heavy atom. The van der Waals surface area contributed by atoms with Crippen LogP contribution in [0.2, 0.25) is 0 Å². The summed E-state index contributed by atoms with van der Waals surface area (Å²) in [6, 6.07) is 4.04. The molecule has 0 aromatic carbocycles. The van der Waals surface area contributed by atoms with Crippen molar-refractivity contribution < 1.29 is 5.11 Å². The maximum atomic E-state index is 8.91. The van der Waals surface area contributed by atoms with Gasteiger partial charge >= 0.3 is 0 Å². The van der Waals surface area contributed by atoms with Crippen LogP contribution in [-0.4, -0.2) is 16.7 Å². The molecule has 0 aliphatic heterocycles. The van der Waals surface area contributed by atoms with Crippen molar-refractivity contribution in [3.05, 3.63) is 24.0 Å². The van der Waals surface area contributed by atoms with E-state index in [0.29, 0.717) is 5.92 Å². The van der Waals surface area contributed by atoms with Crippen LogP contribution in [0.4, 0.5) is 0 Å². The molecule has 62 valence electrons. The van der Waals surface area contributed by atoms with Gasteiger partial charge < -0.3 is 10.1 Å². The third-order valence-electron chi connectivity index (χ3n) is 2.01. The number of aliphatic hydroxyl groups excluding tert-OH is 1. The van der Waals surface area contributed by atoms with Crippen LogP contribution >= 0.6 is 0 Å². The molecule has 2 heteroatoms. The molecule has 0 saturated carbocycles. The first-order chi connectivity index (χ1) is 5.36. The molecule has 1 unspecified atom stereocenters. The van der Waals surface area contributed by atoms with Crippen LogP contribution in [0, 0.1) is 5.92 Å². The zero-order valence-corrected chi connectivity index (χ0v) is 6.88. The molecular weight excluding hydrogens is 138 g/mol. The molecule has 1 aromatic rings. The minimum atomic E-state index is 0.287. The molecule has 1 atom stereocenters. The van der Waals surface area contributed by atoms with Gasteiger partial charge in [0.1, 0.15) is 0 Å². The van der Waals surface area contributed by atoms with E-state index in [0.717, 1.165) is 12.8 Å². The molecular formula is C9H15NO. The van der Waals surface area contributed by atoms with Crippen LogP contribution in [0.5, 0.6) is 0 Å². The van der Waals surface area contributed by atoms with Crippen molar-refractivity contribution in [2.24, 2.45) is 5.92 Å². The molecule has 0 spiro atoms. The molecule has 2 nitrogen and oxygen atoms in total. The second kappa shape index (κ2) is 4.19. The summed E-state index contributed by atoms with van der Waals surface area (Å²) in [7, 11) is 0. The third kappa shape index (κ3) is 2.39. The Balaban J connectivity index is 2.41. The van der Waals surface area contributed by atoms with Crippen molar-refractivity contribution in [3.8, 4) is 0 Å². The van der Waals surface area contributed by atoms with Gasteiger partial charge in [-0.1, -0.05) is 13.3 Å². The van der Waals surface area contributed by atoms with E-state index < -0.39 is 0 Å². The highest BCUT2D eigenvalue weighted by molar-refractivity contribution is 5.04. The van der Waals surface area contributed by atoms with Gasteiger partial charge in [-0.05, 0) is 24.5 Å². The Morgan fingerprint density at radius 3 is 2.91 bits per heavy atom. The van der Waals surface area contributed by atoms with E-state index >= 15 is 0 Å². The van der Waals surface area contributed by atoms with Crippen LogP contribution in [0.25, 0.3) is 0 Å². The normalized spacial score (nSPS) is 13.3. The topological polar surface area (TPSA) is 36.0 Å². The molecule has 11 heavy (non-hydrogen) atoms. The summed E-state index contributed by atoms with van der Waals surface area (Å²) >= 11 is 0. The predicted octanol–water partition coefficient (Wildman–Crippen LogP) is 1.58. The molecule has 2 N–H and O–H groups in total. The first kappa shape index (κ1) is 8.34. The van der Waals surface area contributed by atoms with Crippen LogP contribution in [0.1, 0.15) is 19.0 Å². The average Bonchev–Trinajstić information content (AvgIpc) is 2.52. The van der Waals surface area contributed by atoms with E-state index in [-0.39, 0.29) is 6.61 Å². The second-order valence-electron chi connectivity index (χ2n) is 2.86. The number of hydrogen-bond donors (Lipinski definition) is 2. The van der Waals surface area contributed by atoms with Crippen molar-refractivity contribution >= 4 is 0 Å². The molecule has 1 rings (SSSR count). The Morgan fingerprint density at radius 2 is 2.45 bits per heavy atom. The summed E-state index contributed by atoms with van der Waals surface area (Å²) in [5.41, 5.74) is 1.21. The molecule has 0 fully saturated rings. The summed E-state index contributed by atoms with van der Waals surface area (Å²) in [5, 5.41) is 8.91. The second-order valence-corrected chi connectivity index (χ2v) is 2.86. The van der Waals surface area contributed by atoms with Crippen LogP contribution < -0.4 is 0 Å². The van der Waals surface area contributed by atoms with Crippen molar-refractivity contribution in [2.45, 2.75) is 19.8 Å². The number of hydrogen-bond acceptors (Lipinski definition) is 1. The first-order valence-corrected chi connectivity index (χ1v) is 4.10. The predicted molar refractivity (Wildman–Crippen MR) is 45.4 cm³/mol. The molecule has 0 amide bonds. The van der Waals surface area contributed by atoms with Crippen molar-refractivity contribution in [1.82, 2.24) is 4.98 Å². The number of aromatic nitrogens is 1. The van der Waals surface area contributed by atoms with Gasteiger partial charge in [-0.2, -0.15) is 0 Å². The van der Waals surface area contributed by atoms with E-state index in [1.165, 1.54) is 5.69 Å². The fourth-order valence-corrected chi connectivity index (χ4v) is 1.14. The lowest BCUT2D eigenvalue weighted by atomic mass is 10.0. The standard InChI is InChI=1S/C9H15NO/c1-2-8(7-11)6-9-4-3-5-10-9/h3-5,8,10-11H,2,6-7H2,1H3. The van der Waals surface area contributed by atoms with Gasteiger partial charge in [-0.3, -0.25) is 0 Å². The summed E-state index contributed by atoms with van der Waals surface area (Å²) in [6.07, 6.45) is 3.91. The Labute approximate surface area is 67.3 Å². The van der Waals surface area contributed by atoms with Crippen LogP contribution in [0.3, 0.4) is 0 Å². The monoisotopic (exact) mass is 153 g/mol. The van der Waals surface area contributed by atoms with Crippen LogP contribution in [0.15, 0.2) is 18.3 Å². The third-order valence-corrected chi connectivity index (χ3v) is 2.01.